The fourth-order valence-corrected chi connectivity index (χ4v) is 2.03. The van der Waals surface area contributed by atoms with E-state index in [1.165, 1.54) is 16.5 Å². The largest absolute Gasteiger partial charge is 0.335 e. The fraction of sp³-hybridized carbons (Fsp3) is 0.273. The number of aromatic nitrogens is 1. The molecule has 0 spiro atoms. The van der Waals surface area contributed by atoms with Gasteiger partial charge in [0.2, 0.25) is 0 Å². The molecule has 0 bridgehead atoms. The summed E-state index contributed by atoms with van der Waals surface area (Å²) in [4.78, 5) is 0. The van der Waals surface area contributed by atoms with Gasteiger partial charge in [0, 0.05) is 12.4 Å². The second-order valence-electron chi connectivity index (χ2n) is 3.42. The zero-order chi connectivity index (χ0) is 10.1. The molecule has 0 aliphatic heterocycles. The van der Waals surface area contributed by atoms with Crippen LogP contribution < -0.4 is 5.73 Å². The molecule has 2 N–H and O–H groups in total. The zero-order valence-corrected chi connectivity index (χ0v) is 8.88. The molecule has 0 aliphatic rings. The van der Waals surface area contributed by atoms with Crippen LogP contribution in [0.15, 0.2) is 24.3 Å². The molecular weight excluding hydrogens is 196 g/mol. The summed E-state index contributed by atoms with van der Waals surface area (Å²) in [6.07, 6.45) is 0.894. The van der Waals surface area contributed by atoms with E-state index in [4.69, 9.17) is 17.3 Å². The van der Waals surface area contributed by atoms with Crippen LogP contribution in [-0.4, -0.2) is 11.1 Å². The van der Waals surface area contributed by atoms with Crippen molar-refractivity contribution in [3.63, 3.8) is 0 Å². The van der Waals surface area contributed by atoms with Gasteiger partial charge in [-0.3, -0.25) is 0 Å². The summed E-state index contributed by atoms with van der Waals surface area (Å²) >= 11 is 6.06. The number of halogens is 1. The Bertz CT molecular complexity index is 460. The summed E-state index contributed by atoms with van der Waals surface area (Å²) in [6.45, 7) is 0.669. The number of hydrogen-bond donors (Lipinski definition) is 1. The van der Waals surface area contributed by atoms with E-state index in [1.54, 1.807) is 0 Å². The van der Waals surface area contributed by atoms with E-state index in [2.05, 4.69) is 12.1 Å². The van der Waals surface area contributed by atoms with Crippen molar-refractivity contribution < 1.29 is 0 Å². The van der Waals surface area contributed by atoms with Crippen LogP contribution in [0.1, 0.15) is 5.56 Å². The van der Waals surface area contributed by atoms with Crippen LogP contribution in [0.4, 0.5) is 0 Å². The Kier molecular flexibility index (Phi) is 2.48. The number of benzene rings is 1. The van der Waals surface area contributed by atoms with Crippen LogP contribution in [0.2, 0.25) is 5.15 Å². The Balaban J connectivity index is 2.71. The van der Waals surface area contributed by atoms with Crippen LogP contribution in [0.25, 0.3) is 10.9 Å². The van der Waals surface area contributed by atoms with Crippen LogP contribution in [0.5, 0.6) is 0 Å². The smallest absolute Gasteiger partial charge is 0.109 e. The SMILES string of the molecule is Cn1c(Cl)cc2cccc(CCN)c21. The highest BCUT2D eigenvalue weighted by atomic mass is 35.5. The monoisotopic (exact) mass is 208 g/mol. The molecule has 2 rings (SSSR count). The van der Waals surface area contributed by atoms with E-state index in [9.17, 15) is 0 Å². The summed E-state index contributed by atoms with van der Waals surface area (Å²) in [5.41, 5.74) is 8.03. The average Bonchev–Trinajstić information content (AvgIpc) is 2.45. The number of rotatable bonds is 2. The fourth-order valence-electron chi connectivity index (χ4n) is 1.83. The maximum absolute atomic E-state index is 6.06. The predicted octanol–water partition coefficient (Wildman–Crippen LogP) is 2.33. The molecule has 1 aromatic heterocycles. The molecule has 14 heavy (non-hydrogen) atoms. The lowest BCUT2D eigenvalue weighted by molar-refractivity contribution is 0.930. The molecule has 0 saturated heterocycles. The van der Waals surface area contributed by atoms with Crippen molar-refractivity contribution in [2.24, 2.45) is 12.8 Å². The normalized spacial score (nSPS) is 11.1. The Morgan fingerprint density at radius 1 is 1.43 bits per heavy atom. The van der Waals surface area contributed by atoms with Crippen molar-refractivity contribution in [2.45, 2.75) is 6.42 Å². The van der Waals surface area contributed by atoms with E-state index in [-0.39, 0.29) is 0 Å². The van der Waals surface area contributed by atoms with Crippen LogP contribution in [0, 0.1) is 0 Å². The van der Waals surface area contributed by atoms with Gasteiger partial charge in [0.05, 0.1) is 5.52 Å². The van der Waals surface area contributed by atoms with Gasteiger partial charge in [-0.1, -0.05) is 29.8 Å². The van der Waals surface area contributed by atoms with Gasteiger partial charge in [-0.25, -0.2) is 0 Å². The molecule has 2 nitrogen and oxygen atoms in total. The molecule has 0 fully saturated rings. The summed E-state index contributed by atoms with van der Waals surface area (Å²) in [6, 6.07) is 8.20. The third-order valence-electron chi connectivity index (χ3n) is 2.49. The van der Waals surface area contributed by atoms with Gasteiger partial charge in [0.15, 0.2) is 0 Å². The molecule has 0 unspecified atom stereocenters. The van der Waals surface area contributed by atoms with Gasteiger partial charge in [-0.2, -0.15) is 0 Å². The molecule has 0 atom stereocenters. The van der Waals surface area contributed by atoms with E-state index in [0.717, 1.165) is 11.6 Å². The van der Waals surface area contributed by atoms with Gasteiger partial charge in [-0.15, -0.1) is 0 Å². The van der Waals surface area contributed by atoms with Gasteiger partial charge >= 0.3 is 0 Å². The molecule has 74 valence electrons. The Morgan fingerprint density at radius 3 is 2.93 bits per heavy atom. The van der Waals surface area contributed by atoms with Crippen molar-refractivity contribution in [2.75, 3.05) is 6.54 Å². The molecule has 1 heterocycles. The standard InChI is InChI=1S/C11H13ClN2/c1-14-10(12)7-9-4-2-3-8(5-6-13)11(9)14/h2-4,7H,5-6,13H2,1H3. The average molecular weight is 209 g/mol. The minimum Gasteiger partial charge on any atom is -0.335 e. The number of hydrogen-bond acceptors (Lipinski definition) is 1. The topological polar surface area (TPSA) is 30.9 Å². The lowest BCUT2D eigenvalue weighted by Gasteiger charge is -2.04. The first-order valence-electron chi connectivity index (χ1n) is 4.67. The number of nitrogens with zero attached hydrogens (tertiary/aromatic N) is 1. The van der Waals surface area contributed by atoms with Crippen LogP contribution in [0.3, 0.4) is 0 Å². The van der Waals surface area contributed by atoms with Gasteiger partial charge in [0.25, 0.3) is 0 Å². The number of fused-ring (bicyclic) bond motifs is 1. The lowest BCUT2D eigenvalue weighted by atomic mass is 10.1. The lowest BCUT2D eigenvalue weighted by Crippen LogP contribution is -2.04. The van der Waals surface area contributed by atoms with E-state index < -0.39 is 0 Å². The molecule has 2 aromatic rings. The van der Waals surface area contributed by atoms with Crippen LogP contribution >= 0.6 is 11.6 Å². The van der Waals surface area contributed by atoms with Gasteiger partial charge in [-0.05, 0) is 24.6 Å². The highest BCUT2D eigenvalue weighted by Crippen LogP contribution is 2.25. The highest BCUT2D eigenvalue weighted by molar-refractivity contribution is 6.31. The highest BCUT2D eigenvalue weighted by Gasteiger charge is 2.06. The summed E-state index contributed by atoms with van der Waals surface area (Å²) in [7, 11) is 1.98. The van der Waals surface area contributed by atoms with Crippen molar-refractivity contribution in [1.29, 1.82) is 0 Å². The quantitative estimate of drug-likeness (QED) is 0.807. The predicted molar refractivity (Wildman–Crippen MR) is 60.7 cm³/mol. The molecule has 1 aromatic carbocycles. The third-order valence-corrected chi connectivity index (χ3v) is 2.86. The first kappa shape index (κ1) is 9.56. The first-order valence-corrected chi connectivity index (χ1v) is 5.04. The number of nitrogens with two attached hydrogens (primary N) is 1. The second-order valence-corrected chi connectivity index (χ2v) is 3.81. The minimum absolute atomic E-state index is 0.669. The van der Waals surface area contributed by atoms with Gasteiger partial charge < -0.3 is 10.3 Å². The van der Waals surface area contributed by atoms with Crippen molar-refractivity contribution in [3.8, 4) is 0 Å². The Hall–Kier alpha value is -0.990. The van der Waals surface area contributed by atoms with Gasteiger partial charge in [0.1, 0.15) is 5.15 Å². The third kappa shape index (κ3) is 1.41. The Morgan fingerprint density at radius 2 is 2.21 bits per heavy atom. The number of aryl methyl sites for hydroxylation is 1. The summed E-state index contributed by atoms with van der Waals surface area (Å²) in [5.74, 6) is 0. The summed E-state index contributed by atoms with van der Waals surface area (Å²) < 4.78 is 2.00. The first-order chi connectivity index (χ1) is 6.74. The summed E-state index contributed by atoms with van der Waals surface area (Å²) in [5, 5.41) is 1.95. The van der Waals surface area contributed by atoms with Crippen molar-refractivity contribution >= 4 is 22.5 Å². The van der Waals surface area contributed by atoms with Crippen LogP contribution in [-0.2, 0) is 13.5 Å². The van der Waals surface area contributed by atoms with Crippen molar-refractivity contribution in [3.05, 3.63) is 35.0 Å². The molecule has 3 heteroatoms. The molecule has 0 saturated carbocycles. The number of para-hydroxylation sites is 1. The maximum atomic E-state index is 6.06. The molecule has 0 amide bonds. The maximum Gasteiger partial charge on any atom is 0.109 e. The van der Waals surface area contributed by atoms with E-state index in [1.807, 2.05) is 23.7 Å². The molecule has 0 radical (unpaired) electrons. The zero-order valence-electron chi connectivity index (χ0n) is 8.13. The Labute approximate surface area is 88.3 Å². The van der Waals surface area contributed by atoms with Crippen molar-refractivity contribution in [1.82, 2.24) is 4.57 Å². The van der Waals surface area contributed by atoms with E-state index >= 15 is 0 Å². The second kappa shape index (κ2) is 3.64. The molecule has 0 aliphatic carbocycles. The van der Waals surface area contributed by atoms with E-state index in [0.29, 0.717) is 6.54 Å². The minimum atomic E-state index is 0.669. The molecular formula is C11H13ClN2.